The van der Waals surface area contributed by atoms with E-state index < -0.39 is 10.9 Å². The van der Waals surface area contributed by atoms with Crippen molar-refractivity contribution >= 4 is 23.4 Å². The van der Waals surface area contributed by atoms with Crippen LogP contribution < -0.4 is 0 Å². The van der Waals surface area contributed by atoms with Gasteiger partial charge in [-0.05, 0) is 25.2 Å². The molecule has 1 aromatic rings. The Hall–Kier alpha value is -1.56. The molecule has 0 amide bonds. The van der Waals surface area contributed by atoms with Crippen LogP contribution in [-0.4, -0.2) is 21.8 Å². The summed E-state index contributed by atoms with van der Waals surface area (Å²) in [6.45, 7) is 3.64. The van der Waals surface area contributed by atoms with Crippen LogP contribution in [0.5, 0.6) is 0 Å². The van der Waals surface area contributed by atoms with Crippen molar-refractivity contribution in [3.8, 4) is 0 Å². The Morgan fingerprint density at radius 1 is 1.53 bits per heavy atom. The third-order valence-electron chi connectivity index (χ3n) is 2.24. The predicted molar refractivity (Wildman–Crippen MR) is 65.8 cm³/mol. The highest BCUT2D eigenvalue weighted by atomic mass is 32.2. The topological polar surface area (TPSA) is 80.4 Å². The van der Waals surface area contributed by atoms with Crippen LogP contribution in [0.15, 0.2) is 17.0 Å². The average molecular weight is 255 g/mol. The van der Waals surface area contributed by atoms with Gasteiger partial charge in [-0.2, -0.15) is 0 Å². The number of carbonyl (C=O) groups is 1. The summed E-state index contributed by atoms with van der Waals surface area (Å²) < 4.78 is 0. The number of nitrogens with zero attached hydrogens (tertiary/aromatic N) is 1. The lowest BCUT2D eigenvalue weighted by molar-refractivity contribution is -0.385. The summed E-state index contributed by atoms with van der Waals surface area (Å²) in [5.41, 5.74) is 0.350. The summed E-state index contributed by atoms with van der Waals surface area (Å²) in [7, 11) is 0. The van der Waals surface area contributed by atoms with Crippen molar-refractivity contribution in [2.75, 3.05) is 5.75 Å². The highest BCUT2D eigenvalue weighted by Gasteiger charge is 2.18. The quantitative estimate of drug-likeness (QED) is 0.496. The van der Waals surface area contributed by atoms with Gasteiger partial charge in [-0.1, -0.05) is 6.92 Å². The van der Waals surface area contributed by atoms with Gasteiger partial charge in [-0.3, -0.25) is 10.1 Å². The van der Waals surface area contributed by atoms with Crippen LogP contribution in [0, 0.1) is 17.0 Å². The van der Waals surface area contributed by atoms with E-state index >= 15 is 0 Å². The largest absolute Gasteiger partial charge is 0.478 e. The van der Waals surface area contributed by atoms with Crippen molar-refractivity contribution in [3.05, 3.63) is 33.4 Å². The van der Waals surface area contributed by atoms with Crippen LogP contribution in [0.4, 0.5) is 5.69 Å². The zero-order valence-electron chi connectivity index (χ0n) is 9.60. The fourth-order valence-corrected chi connectivity index (χ4v) is 2.30. The first-order valence-corrected chi connectivity index (χ1v) is 6.11. The maximum atomic E-state index is 10.9. The number of hydrogen-bond acceptors (Lipinski definition) is 4. The first-order chi connectivity index (χ1) is 7.97. The Labute approximate surface area is 103 Å². The minimum absolute atomic E-state index is 0.0408. The molecule has 0 unspecified atom stereocenters. The molecule has 1 aromatic carbocycles. The van der Waals surface area contributed by atoms with Crippen LogP contribution in [0.25, 0.3) is 0 Å². The number of nitro groups is 1. The number of thioether (sulfide) groups is 1. The van der Waals surface area contributed by atoms with Crippen LogP contribution in [0.3, 0.4) is 0 Å². The molecule has 0 atom stereocenters. The van der Waals surface area contributed by atoms with E-state index in [9.17, 15) is 14.9 Å². The average Bonchev–Trinajstić information content (AvgIpc) is 2.26. The van der Waals surface area contributed by atoms with Gasteiger partial charge < -0.3 is 5.11 Å². The van der Waals surface area contributed by atoms with Crippen molar-refractivity contribution in [1.82, 2.24) is 0 Å². The molecule has 92 valence electrons. The van der Waals surface area contributed by atoms with Crippen LogP contribution in [0.1, 0.15) is 29.3 Å². The SMILES string of the molecule is CCCSc1cc(C(=O)O)cc([N+](=O)[O-])c1C. The summed E-state index contributed by atoms with van der Waals surface area (Å²) in [5.74, 6) is -0.340. The minimum atomic E-state index is -1.15. The summed E-state index contributed by atoms with van der Waals surface area (Å²) in [5, 5.41) is 19.7. The molecule has 0 fully saturated rings. The van der Waals surface area contributed by atoms with Crippen molar-refractivity contribution < 1.29 is 14.8 Å². The molecule has 0 aliphatic rings. The van der Waals surface area contributed by atoms with E-state index in [0.717, 1.165) is 18.2 Å². The van der Waals surface area contributed by atoms with Gasteiger partial charge in [0.25, 0.3) is 5.69 Å². The molecule has 1 rings (SSSR count). The van der Waals surface area contributed by atoms with Crippen LogP contribution in [0.2, 0.25) is 0 Å². The summed E-state index contributed by atoms with van der Waals surface area (Å²) in [4.78, 5) is 21.8. The van der Waals surface area contributed by atoms with Crippen molar-refractivity contribution in [3.63, 3.8) is 0 Å². The lowest BCUT2D eigenvalue weighted by Crippen LogP contribution is -2.01. The number of carboxylic acids is 1. The number of nitro benzene ring substituents is 1. The second kappa shape index (κ2) is 5.67. The molecule has 0 spiro atoms. The zero-order chi connectivity index (χ0) is 13.0. The van der Waals surface area contributed by atoms with Gasteiger partial charge in [0, 0.05) is 16.5 Å². The molecular weight excluding hydrogens is 242 g/mol. The Morgan fingerprint density at radius 2 is 2.18 bits per heavy atom. The molecule has 0 heterocycles. The fourth-order valence-electron chi connectivity index (χ4n) is 1.35. The van der Waals surface area contributed by atoms with Gasteiger partial charge in [0.2, 0.25) is 0 Å². The molecule has 0 saturated heterocycles. The number of aromatic carboxylic acids is 1. The molecule has 0 radical (unpaired) electrons. The summed E-state index contributed by atoms with van der Waals surface area (Å²) in [6, 6.07) is 2.60. The fraction of sp³-hybridized carbons (Fsp3) is 0.364. The number of rotatable bonds is 5. The number of hydrogen-bond donors (Lipinski definition) is 1. The van der Waals surface area contributed by atoms with Crippen molar-refractivity contribution in [1.29, 1.82) is 0 Å². The lowest BCUT2D eigenvalue weighted by atomic mass is 10.1. The van der Waals surface area contributed by atoms with E-state index in [1.807, 2.05) is 6.92 Å². The maximum Gasteiger partial charge on any atom is 0.335 e. The molecule has 0 saturated carbocycles. The molecule has 17 heavy (non-hydrogen) atoms. The van der Waals surface area contributed by atoms with E-state index in [1.165, 1.54) is 17.8 Å². The number of benzene rings is 1. The Bertz CT molecular complexity index is 459. The summed E-state index contributed by atoms with van der Waals surface area (Å²) >= 11 is 1.44. The highest BCUT2D eigenvalue weighted by Crippen LogP contribution is 2.31. The first-order valence-electron chi connectivity index (χ1n) is 5.12. The highest BCUT2D eigenvalue weighted by molar-refractivity contribution is 7.99. The maximum absolute atomic E-state index is 10.9. The predicted octanol–water partition coefficient (Wildman–Crippen LogP) is 3.10. The second-order valence-corrected chi connectivity index (χ2v) is 4.67. The van der Waals surface area contributed by atoms with E-state index in [4.69, 9.17) is 5.11 Å². The van der Waals surface area contributed by atoms with Gasteiger partial charge in [-0.25, -0.2) is 4.79 Å². The van der Waals surface area contributed by atoms with E-state index in [-0.39, 0.29) is 11.3 Å². The third-order valence-corrected chi connectivity index (χ3v) is 3.59. The first kappa shape index (κ1) is 13.5. The second-order valence-electron chi connectivity index (χ2n) is 3.53. The normalized spacial score (nSPS) is 10.2. The molecule has 0 aromatic heterocycles. The van der Waals surface area contributed by atoms with Gasteiger partial charge in [0.05, 0.1) is 10.5 Å². The van der Waals surface area contributed by atoms with Gasteiger partial charge in [0.15, 0.2) is 0 Å². The smallest absolute Gasteiger partial charge is 0.335 e. The molecule has 0 aliphatic carbocycles. The Morgan fingerprint density at radius 3 is 2.65 bits per heavy atom. The Balaban J connectivity index is 3.27. The molecule has 0 bridgehead atoms. The molecule has 6 heteroatoms. The van der Waals surface area contributed by atoms with Crippen molar-refractivity contribution in [2.45, 2.75) is 25.2 Å². The van der Waals surface area contributed by atoms with E-state index in [1.54, 1.807) is 6.92 Å². The van der Waals surface area contributed by atoms with Gasteiger partial charge in [-0.15, -0.1) is 11.8 Å². The standard InChI is InChI=1S/C11H13NO4S/c1-3-4-17-10-6-8(11(13)14)5-9(7(10)2)12(15)16/h5-6H,3-4H2,1-2H3,(H,13,14). The Kier molecular flexibility index (Phi) is 4.51. The monoisotopic (exact) mass is 255 g/mol. The van der Waals surface area contributed by atoms with Crippen LogP contribution >= 0.6 is 11.8 Å². The van der Waals surface area contributed by atoms with Gasteiger partial charge in [0.1, 0.15) is 0 Å². The molecule has 1 N–H and O–H groups in total. The van der Waals surface area contributed by atoms with Crippen molar-refractivity contribution in [2.24, 2.45) is 0 Å². The van der Waals surface area contributed by atoms with E-state index in [0.29, 0.717) is 10.5 Å². The molecule has 5 nitrogen and oxygen atoms in total. The van der Waals surface area contributed by atoms with Crippen LogP contribution in [-0.2, 0) is 0 Å². The van der Waals surface area contributed by atoms with Gasteiger partial charge >= 0.3 is 5.97 Å². The van der Waals surface area contributed by atoms with E-state index in [2.05, 4.69) is 0 Å². The lowest BCUT2D eigenvalue weighted by Gasteiger charge is -2.07. The molecule has 0 aliphatic heterocycles. The summed E-state index contributed by atoms with van der Waals surface area (Å²) in [6.07, 6.45) is 0.926. The zero-order valence-corrected chi connectivity index (χ0v) is 10.4. The number of carboxylic acid groups (broad SMARTS) is 1. The molecular formula is C11H13NO4S. The third kappa shape index (κ3) is 3.20. The minimum Gasteiger partial charge on any atom is -0.478 e.